The number of carboxylic acids is 1. The first-order valence-electron chi connectivity index (χ1n) is 3.51. The van der Waals surface area contributed by atoms with E-state index in [1.54, 1.807) is 0 Å². The molecule has 3 N–H and O–H groups in total. The maximum atomic E-state index is 11.1. The van der Waals surface area contributed by atoms with Gasteiger partial charge in [0.25, 0.3) is 5.56 Å². The Kier molecular flexibility index (Phi) is 2.05. The first-order chi connectivity index (χ1) is 5.95. The topological polar surface area (TPSA) is 98.2 Å². The largest absolute Gasteiger partial charge is 0.476 e. The lowest BCUT2D eigenvalue weighted by molar-refractivity contribution is 0.0687. The summed E-state index contributed by atoms with van der Waals surface area (Å²) in [6.07, 6.45) is 0. The number of anilines is 1. The summed E-state index contributed by atoms with van der Waals surface area (Å²) in [6.45, 7) is 1.45. The van der Waals surface area contributed by atoms with Crippen molar-refractivity contribution in [1.29, 1.82) is 0 Å². The molecule has 0 radical (unpaired) electrons. The molecule has 0 fully saturated rings. The van der Waals surface area contributed by atoms with E-state index < -0.39 is 11.5 Å². The van der Waals surface area contributed by atoms with Crippen molar-refractivity contribution in [1.82, 2.24) is 9.78 Å². The lowest BCUT2D eigenvalue weighted by Crippen LogP contribution is -2.27. The lowest BCUT2D eigenvalue weighted by atomic mass is 10.2. The minimum Gasteiger partial charge on any atom is -0.476 e. The molecule has 0 aliphatic heterocycles. The molecule has 13 heavy (non-hydrogen) atoms. The average Bonchev–Trinajstić information content (AvgIpc) is 2.07. The van der Waals surface area contributed by atoms with Gasteiger partial charge in [0.1, 0.15) is 5.69 Å². The lowest BCUT2D eigenvalue weighted by Gasteiger charge is -2.04. The van der Waals surface area contributed by atoms with Crippen molar-refractivity contribution in [3.63, 3.8) is 0 Å². The maximum absolute atomic E-state index is 11.1. The molecule has 0 aromatic carbocycles. The second-order valence-corrected chi connectivity index (χ2v) is 2.62. The van der Waals surface area contributed by atoms with E-state index in [1.807, 2.05) is 0 Å². The summed E-state index contributed by atoms with van der Waals surface area (Å²) >= 11 is 0. The number of carbonyl (C=O) groups is 1. The molecule has 1 rings (SSSR count). The van der Waals surface area contributed by atoms with Crippen LogP contribution in [0.25, 0.3) is 0 Å². The molecule has 0 atom stereocenters. The van der Waals surface area contributed by atoms with E-state index >= 15 is 0 Å². The van der Waals surface area contributed by atoms with Crippen molar-refractivity contribution in [2.24, 2.45) is 7.05 Å². The van der Waals surface area contributed by atoms with Gasteiger partial charge >= 0.3 is 5.97 Å². The van der Waals surface area contributed by atoms with Crippen LogP contribution in [0.5, 0.6) is 0 Å². The van der Waals surface area contributed by atoms with Crippen LogP contribution < -0.4 is 11.3 Å². The third kappa shape index (κ3) is 1.37. The molecule has 0 aliphatic carbocycles. The van der Waals surface area contributed by atoms with E-state index in [9.17, 15) is 9.59 Å². The summed E-state index contributed by atoms with van der Waals surface area (Å²) in [7, 11) is 1.35. The first kappa shape index (κ1) is 9.24. The number of aromatic nitrogens is 2. The van der Waals surface area contributed by atoms with Crippen molar-refractivity contribution in [3.05, 3.63) is 21.6 Å². The predicted molar refractivity (Wildman–Crippen MR) is 45.6 cm³/mol. The summed E-state index contributed by atoms with van der Waals surface area (Å²) in [5.41, 5.74) is 4.84. The first-order valence-corrected chi connectivity index (χ1v) is 3.51. The van der Waals surface area contributed by atoms with Crippen LogP contribution in [0.3, 0.4) is 0 Å². The van der Waals surface area contributed by atoms with Gasteiger partial charge in [0, 0.05) is 12.6 Å². The van der Waals surface area contributed by atoms with Crippen LogP contribution >= 0.6 is 0 Å². The number of nitrogen functional groups attached to an aromatic ring is 1. The number of hydrogen-bond acceptors (Lipinski definition) is 4. The number of aromatic carboxylic acids is 1. The molecule has 1 aromatic heterocycles. The zero-order valence-corrected chi connectivity index (χ0v) is 7.24. The van der Waals surface area contributed by atoms with Crippen molar-refractivity contribution >= 4 is 11.7 Å². The minimum absolute atomic E-state index is 0.0742. The molecule has 0 unspecified atom stereocenters. The average molecular weight is 183 g/mol. The van der Waals surface area contributed by atoms with Gasteiger partial charge in [0.15, 0.2) is 5.69 Å². The standard InChI is InChI=1S/C7H9N3O3/c1-3-4(8)6(11)10(2)9-5(3)7(12)13/h8H2,1-2H3,(H,12,13). The van der Waals surface area contributed by atoms with Gasteiger partial charge in [0.05, 0.1) is 0 Å². The Morgan fingerprint density at radius 2 is 2.15 bits per heavy atom. The Morgan fingerprint density at radius 3 is 2.62 bits per heavy atom. The molecule has 1 aromatic rings. The summed E-state index contributed by atoms with van der Waals surface area (Å²) in [4.78, 5) is 21.8. The SMILES string of the molecule is Cc1c(C(=O)O)nn(C)c(=O)c1N. The monoisotopic (exact) mass is 183 g/mol. The fourth-order valence-electron chi connectivity index (χ4n) is 0.936. The highest BCUT2D eigenvalue weighted by Gasteiger charge is 2.14. The summed E-state index contributed by atoms with van der Waals surface area (Å²) in [5, 5.41) is 12.2. The molecule has 0 spiro atoms. The molecule has 6 nitrogen and oxygen atoms in total. The number of nitrogens with two attached hydrogens (primary N) is 1. The van der Waals surface area contributed by atoms with E-state index in [2.05, 4.69) is 5.10 Å². The van der Waals surface area contributed by atoms with E-state index in [1.165, 1.54) is 14.0 Å². The normalized spacial score (nSPS) is 10.0. The molecule has 0 amide bonds. The number of rotatable bonds is 1. The second-order valence-electron chi connectivity index (χ2n) is 2.62. The van der Waals surface area contributed by atoms with Crippen LogP contribution in [0.15, 0.2) is 4.79 Å². The van der Waals surface area contributed by atoms with Crippen LogP contribution in [-0.4, -0.2) is 20.9 Å². The van der Waals surface area contributed by atoms with Crippen molar-refractivity contribution in [2.75, 3.05) is 5.73 Å². The summed E-state index contributed by atoms with van der Waals surface area (Å²) in [6, 6.07) is 0. The van der Waals surface area contributed by atoms with Gasteiger partial charge < -0.3 is 10.8 Å². The Labute approximate surface area is 73.6 Å². The van der Waals surface area contributed by atoms with Crippen molar-refractivity contribution in [2.45, 2.75) is 6.92 Å². The predicted octanol–water partition coefficient (Wildman–Crippen LogP) is -0.631. The van der Waals surface area contributed by atoms with Crippen LogP contribution in [0.4, 0.5) is 5.69 Å². The molecule has 0 saturated carbocycles. The number of aryl methyl sites for hydroxylation is 1. The van der Waals surface area contributed by atoms with Gasteiger partial charge in [0.2, 0.25) is 0 Å². The highest BCUT2D eigenvalue weighted by atomic mass is 16.4. The van der Waals surface area contributed by atoms with Gasteiger partial charge in [-0.1, -0.05) is 0 Å². The fourth-order valence-corrected chi connectivity index (χ4v) is 0.936. The van der Waals surface area contributed by atoms with Crippen LogP contribution in [-0.2, 0) is 7.05 Å². The Hall–Kier alpha value is -1.85. The second kappa shape index (κ2) is 2.89. The molecule has 0 bridgehead atoms. The van der Waals surface area contributed by atoms with E-state index in [4.69, 9.17) is 10.8 Å². The van der Waals surface area contributed by atoms with Crippen molar-refractivity contribution in [3.8, 4) is 0 Å². The summed E-state index contributed by atoms with van der Waals surface area (Å²) < 4.78 is 0.909. The number of nitrogens with zero attached hydrogens (tertiary/aromatic N) is 2. The maximum Gasteiger partial charge on any atom is 0.356 e. The highest BCUT2D eigenvalue weighted by Crippen LogP contribution is 2.07. The van der Waals surface area contributed by atoms with Crippen LogP contribution in [0.1, 0.15) is 16.1 Å². The Morgan fingerprint density at radius 1 is 1.62 bits per heavy atom. The van der Waals surface area contributed by atoms with Crippen molar-refractivity contribution < 1.29 is 9.90 Å². The third-order valence-electron chi connectivity index (χ3n) is 1.74. The molecule has 70 valence electrons. The van der Waals surface area contributed by atoms with Gasteiger partial charge in [-0.3, -0.25) is 4.79 Å². The van der Waals surface area contributed by atoms with Gasteiger partial charge in [-0.15, -0.1) is 0 Å². The van der Waals surface area contributed by atoms with Crippen LogP contribution in [0.2, 0.25) is 0 Å². The van der Waals surface area contributed by atoms with E-state index in [0.29, 0.717) is 0 Å². The fraction of sp³-hybridized carbons (Fsp3) is 0.286. The number of carboxylic acid groups (broad SMARTS) is 1. The molecular weight excluding hydrogens is 174 g/mol. The minimum atomic E-state index is -1.19. The van der Waals surface area contributed by atoms with Gasteiger partial charge in [-0.25, -0.2) is 9.48 Å². The molecular formula is C7H9N3O3. The highest BCUT2D eigenvalue weighted by molar-refractivity contribution is 5.88. The van der Waals surface area contributed by atoms with Crippen LogP contribution in [0, 0.1) is 6.92 Å². The number of hydrogen-bond donors (Lipinski definition) is 2. The Balaban J connectivity index is 3.60. The zero-order valence-electron chi connectivity index (χ0n) is 7.24. The van der Waals surface area contributed by atoms with E-state index in [0.717, 1.165) is 4.68 Å². The third-order valence-corrected chi connectivity index (χ3v) is 1.74. The molecule has 0 aliphatic rings. The molecule has 0 saturated heterocycles. The zero-order chi connectivity index (χ0) is 10.2. The Bertz CT molecular complexity index is 422. The van der Waals surface area contributed by atoms with Gasteiger partial charge in [-0.05, 0) is 6.92 Å². The molecule has 6 heteroatoms. The van der Waals surface area contributed by atoms with E-state index in [-0.39, 0.29) is 16.9 Å². The quantitative estimate of drug-likeness (QED) is 0.604. The molecule has 1 heterocycles. The summed E-state index contributed by atoms with van der Waals surface area (Å²) in [5.74, 6) is -1.19. The van der Waals surface area contributed by atoms with Gasteiger partial charge in [-0.2, -0.15) is 5.10 Å². The smallest absolute Gasteiger partial charge is 0.356 e.